The Hall–Kier alpha value is -1.14. The second-order valence-corrected chi connectivity index (χ2v) is 3.77. The molecular weight excluding hydrogens is 214 g/mol. The summed E-state index contributed by atoms with van der Waals surface area (Å²) in [6.45, 7) is 3.90. The van der Waals surface area contributed by atoms with Crippen molar-refractivity contribution in [2.75, 3.05) is 25.5 Å². The fraction of sp³-hybridized carbons (Fsp3) is 0.556. The van der Waals surface area contributed by atoms with Gasteiger partial charge in [0.05, 0.1) is 0 Å². The number of anilines is 1. The Morgan fingerprint density at radius 3 is 3.13 bits per heavy atom. The average molecular weight is 229 g/mol. The molecule has 0 aromatic carbocycles. The highest BCUT2D eigenvalue weighted by Crippen LogP contribution is 2.10. The zero-order chi connectivity index (χ0) is 11.1. The van der Waals surface area contributed by atoms with Gasteiger partial charge in [0.25, 0.3) is 5.91 Å². The first-order chi connectivity index (χ1) is 7.24. The van der Waals surface area contributed by atoms with E-state index in [9.17, 15) is 4.79 Å². The molecule has 1 rings (SSSR count). The molecule has 1 heterocycles. The number of rotatable bonds is 6. The van der Waals surface area contributed by atoms with Crippen LogP contribution in [0.25, 0.3) is 0 Å². The van der Waals surface area contributed by atoms with Gasteiger partial charge in [-0.1, -0.05) is 0 Å². The maximum Gasteiger partial charge on any atom is 0.270 e. The van der Waals surface area contributed by atoms with E-state index in [2.05, 4.69) is 10.3 Å². The molecule has 0 aliphatic rings. The van der Waals surface area contributed by atoms with E-state index in [0.29, 0.717) is 30.6 Å². The summed E-state index contributed by atoms with van der Waals surface area (Å²) in [6.07, 6.45) is 0.805. The number of nitrogens with one attached hydrogen (secondary N) is 1. The monoisotopic (exact) mass is 229 g/mol. The van der Waals surface area contributed by atoms with E-state index in [1.807, 2.05) is 6.92 Å². The third-order valence-electron chi connectivity index (χ3n) is 1.71. The van der Waals surface area contributed by atoms with E-state index >= 15 is 0 Å². The summed E-state index contributed by atoms with van der Waals surface area (Å²) in [5, 5.41) is 4.80. The van der Waals surface area contributed by atoms with Crippen LogP contribution in [0.3, 0.4) is 0 Å². The molecule has 3 N–H and O–H groups in total. The van der Waals surface area contributed by atoms with Crippen molar-refractivity contribution in [3.8, 4) is 0 Å². The molecule has 0 spiro atoms. The lowest BCUT2D eigenvalue weighted by atomic mass is 10.4. The Labute approximate surface area is 92.6 Å². The molecule has 5 nitrogen and oxygen atoms in total. The van der Waals surface area contributed by atoms with Gasteiger partial charge in [0, 0.05) is 25.1 Å². The van der Waals surface area contributed by atoms with E-state index < -0.39 is 0 Å². The van der Waals surface area contributed by atoms with Crippen LogP contribution in [0.15, 0.2) is 5.38 Å². The van der Waals surface area contributed by atoms with Crippen molar-refractivity contribution >= 4 is 22.4 Å². The van der Waals surface area contributed by atoms with Crippen molar-refractivity contribution in [1.29, 1.82) is 0 Å². The topological polar surface area (TPSA) is 77.2 Å². The lowest BCUT2D eigenvalue weighted by molar-refractivity contribution is 0.0940. The minimum absolute atomic E-state index is 0.181. The van der Waals surface area contributed by atoms with Gasteiger partial charge in [-0.2, -0.15) is 0 Å². The van der Waals surface area contributed by atoms with Gasteiger partial charge < -0.3 is 15.8 Å². The molecule has 0 unspecified atom stereocenters. The van der Waals surface area contributed by atoms with Crippen molar-refractivity contribution in [1.82, 2.24) is 10.3 Å². The number of aromatic nitrogens is 1. The molecule has 0 saturated carbocycles. The number of ether oxygens (including phenoxy) is 1. The predicted octanol–water partition coefficient (Wildman–Crippen LogP) is 0.882. The van der Waals surface area contributed by atoms with E-state index in [0.717, 1.165) is 6.42 Å². The standard InChI is InChI=1S/C9H15N3O2S/c1-2-14-5-3-4-11-8(13)7-6-15-9(10)12-7/h6H,2-5H2,1H3,(H2,10,12)(H,11,13). The molecule has 0 aliphatic heterocycles. The Morgan fingerprint density at radius 1 is 1.73 bits per heavy atom. The number of amides is 1. The number of nitrogen functional groups attached to an aromatic ring is 1. The van der Waals surface area contributed by atoms with Crippen molar-refractivity contribution in [2.24, 2.45) is 0 Å². The smallest absolute Gasteiger partial charge is 0.270 e. The van der Waals surface area contributed by atoms with Crippen molar-refractivity contribution < 1.29 is 9.53 Å². The van der Waals surface area contributed by atoms with Crippen molar-refractivity contribution in [2.45, 2.75) is 13.3 Å². The molecule has 0 aliphatic carbocycles. The van der Waals surface area contributed by atoms with Crippen LogP contribution in [-0.4, -0.2) is 30.6 Å². The van der Waals surface area contributed by atoms with Crippen LogP contribution in [0.2, 0.25) is 0 Å². The first-order valence-corrected chi connectivity index (χ1v) is 5.69. The largest absolute Gasteiger partial charge is 0.382 e. The lowest BCUT2D eigenvalue weighted by Crippen LogP contribution is -2.25. The number of nitrogens with two attached hydrogens (primary N) is 1. The molecule has 1 aromatic rings. The van der Waals surface area contributed by atoms with Crippen LogP contribution < -0.4 is 11.1 Å². The first-order valence-electron chi connectivity index (χ1n) is 4.81. The number of hydrogen-bond donors (Lipinski definition) is 2. The summed E-state index contributed by atoms with van der Waals surface area (Å²) in [5.74, 6) is -0.181. The lowest BCUT2D eigenvalue weighted by Gasteiger charge is -2.02. The van der Waals surface area contributed by atoms with Crippen molar-refractivity contribution in [3.05, 3.63) is 11.1 Å². The van der Waals surface area contributed by atoms with Gasteiger partial charge in [0.1, 0.15) is 5.69 Å². The molecule has 1 aromatic heterocycles. The summed E-state index contributed by atoms with van der Waals surface area (Å²) in [4.78, 5) is 15.3. The number of thiazole rings is 1. The quantitative estimate of drug-likeness (QED) is 0.710. The number of nitrogens with zero attached hydrogens (tertiary/aromatic N) is 1. The van der Waals surface area contributed by atoms with E-state index in [4.69, 9.17) is 10.5 Å². The highest BCUT2D eigenvalue weighted by atomic mass is 32.1. The van der Waals surface area contributed by atoms with Crippen LogP contribution >= 0.6 is 11.3 Å². The maximum absolute atomic E-state index is 11.4. The van der Waals surface area contributed by atoms with Crippen LogP contribution in [0.4, 0.5) is 5.13 Å². The third-order valence-corrected chi connectivity index (χ3v) is 2.38. The minimum Gasteiger partial charge on any atom is -0.382 e. The zero-order valence-corrected chi connectivity index (χ0v) is 9.47. The Balaban J connectivity index is 2.19. The molecule has 1 amide bonds. The molecule has 6 heteroatoms. The summed E-state index contributed by atoms with van der Waals surface area (Å²) >= 11 is 1.26. The summed E-state index contributed by atoms with van der Waals surface area (Å²) in [5.41, 5.74) is 5.80. The van der Waals surface area contributed by atoms with Crippen LogP contribution in [0.1, 0.15) is 23.8 Å². The molecule has 0 saturated heterocycles. The molecule has 84 valence electrons. The second kappa shape index (κ2) is 6.36. The summed E-state index contributed by atoms with van der Waals surface area (Å²) < 4.78 is 5.14. The average Bonchev–Trinajstić information content (AvgIpc) is 2.64. The highest BCUT2D eigenvalue weighted by Gasteiger charge is 2.07. The number of carbonyl (C=O) groups is 1. The molecule has 0 atom stereocenters. The normalized spacial score (nSPS) is 10.2. The van der Waals surface area contributed by atoms with Crippen LogP contribution in [0, 0.1) is 0 Å². The first kappa shape index (κ1) is 11.9. The van der Waals surface area contributed by atoms with Gasteiger partial charge in [-0.05, 0) is 13.3 Å². The SMILES string of the molecule is CCOCCCNC(=O)c1csc(N)n1. The molecule has 15 heavy (non-hydrogen) atoms. The third kappa shape index (κ3) is 4.26. The summed E-state index contributed by atoms with van der Waals surface area (Å²) in [6, 6.07) is 0. The number of carbonyl (C=O) groups excluding carboxylic acids is 1. The van der Waals surface area contributed by atoms with Gasteiger partial charge in [-0.15, -0.1) is 11.3 Å². The number of hydrogen-bond acceptors (Lipinski definition) is 5. The predicted molar refractivity (Wildman–Crippen MR) is 60.0 cm³/mol. The fourth-order valence-electron chi connectivity index (χ4n) is 1.00. The Morgan fingerprint density at radius 2 is 2.53 bits per heavy atom. The summed E-state index contributed by atoms with van der Waals surface area (Å²) in [7, 11) is 0. The van der Waals surface area contributed by atoms with Gasteiger partial charge in [-0.3, -0.25) is 4.79 Å². The van der Waals surface area contributed by atoms with Crippen LogP contribution in [0.5, 0.6) is 0 Å². The fourth-order valence-corrected chi connectivity index (χ4v) is 1.55. The van der Waals surface area contributed by atoms with Gasteiger partial charge in [-0.25, -0.2) is 4.98 Å². The molecule has 0 bridgehead atoms. The van der Waals surface area contributed by atoms with E-state index in [1.54, 1.807) is 5.38 Å². The van der Waals surface area contributed by atoms with Crippen LogP contribution in [-0.2, 0) is 4.74 Å². The van der Waals surface area contributed by atoms with Crippen molar-refractivity contribution in [3.63, 3.8) is 0 Å². The van der Waals surface area contributed by atoms with Gasteiger partial charge >= 0.3 is 0 Å². The Bertz CT molecular complexity index is 314. The zero-order valence-electron chi connectivity index (χ0n) is 8.66. The van der Waals surface area contributed by atoms with Gasteiger partial charge in [0.2, 0.25) is 0 Å². The van der Waals surface area contributed by atoms with Gasteiger partial charge in [0.15, 0.2) is 5.13 Å². The highest BCUT2D eigenvalue weighted by molar-refractivity contribution is 7.13. The molecule has 0 radical (unpaired) electrons. The minimum atomic E-state index is -0.181. The second-order valence-electron chi connectivity index (χ2n) is 2.88. The molecular formula is C9H15N3O2S. The van der Waals surface area contributed by atoms with E-state index in [-0.39, 0.29) is 5.91 Å². The van der Waals surface area contributed by atoms with E-state index in [1.165, 1.54) is 11.3 Å². The maximum atomic E-state index is 11.4. The molecule has 0 fully saturated rings. The Kier molecular flexibility index (Phi) is 5.06.